The van der Waals surface area contributed by atoms with Gasteiger partial charge in [-0.05, 0) is 19.3 Å². The van der Waals surface area contributed by atoms with E-state index in [1.165, 1.54) is 51.4 Å². The van der Waals surface area contributed by atoms with Gasteiger partial charge in [-0.1, -0.05) is 90.2 Å². The average molecular weight is 401 g/mol. The zero-order valence-corrected chi connectivity index (χ0v) is 20.6. The molecule has 0 spiro atoms. The summed E-state index contributed by atoms with van der Waals surface area (Å²) in [6, 6.07) is 0. The normalized spacial score (nSPS) is 13.1. The maximum Gasteiger partial charge on any atom is 1.00 e. The van der Waals surface area contributed by atoms with Crippen molar-refractivity contribution >= 4 is 10.4 Å². The number of allylic oxidation sites excluding steroid dienone is 1. The van der Waals surface area contributed by atoms with E-state index >= 15 is 0 Å². The van der Waals surface area contributed by atoms with E-state index in [0.29, 0.717) is 0 Å². The second kappa shape index (κ2) is 20.0. The van der Waals surface area contributed by atoms with E-state index < -0.39 is 10.4 Å². The number of hydrogen-bond donors (Lipinski definition) is 0. The zero-order valence-electron chi connectivity index (χ0n) is 16.7. The summed E-state index contributed by atoms with van der Waals surface area (Å²) in [6.45, 7) is 4.37. The molecule has 144 valence electrons. The smallest absolute Gasteiger partial charge is 0.726 e. The third kappa shape index (κ3) is 23.2. The Hall–Kier alpha value is 1.25. The van der Waals surface area contributed by atoms with E-state index in [1.54, 1.807) is 0 Å². The largest absolute Gasteiger partial charge is 1.00 e. The standard InChI is InChI=1S/C19H38O4S.K/c1-3-5-7-9-10-11-13-15-17-19(18-23-24(20,21)22)16-14-12-8-6-4-2;/h14,16,19H,3-13,15,17-18H2,1-2H3,(H,20,21,22);/q;+1/p-1/b16-14+;. The van der Waals surface area contributed by atoms with Gasteiger partial charge in [-0.2, -0.15) is 0 Å². The molecule has 6 heteroatoms. The fourth-order valence-corrected chi connectivity index (χ4v) is 3.09. The van der Waals surface area contributed by atoms with Crippen LogP contribution < -0.4 is 51.4 Å². The van der Waals surface area contributed by atoms with Crippen molar-refractivity contribution in [3.05, 3.63) is 12.2 Å². The molecule has 0 aliphatic rings. The van der Waals surface area contributed by atoms with Gasteiger partial charge in [-0.25, -0.2) is 8.42 Å². The van der Waals surface area contributed by atoms with Crippen LogP contribution in [0.15, 0.2) is 12.2 Å². The molecule has 0 aromatic heterocycles. The number of unbranched alkanes of at least 4 members (excludes halogenated alkanes) is 10. The average Bonchev–Trinajstić information content (AvgIpc) is 2.53. The minimum Gasteiger partial charge on any atom is -0.726 e. The SMILES string of the molecule is CCCCC/C=C/C(CCCCCCCCCC)COS(=O)(=O)[O-].[K+]. The van der Waals surface area contributed by atoms with Crippen LogP contribution in [0.2, 0.25) is 0 Å². The van der Waals surface area contributed by atoms with Crippen LogP contribution in [0, 0.1) is 5.92 Å². The van der Waals surface area contributed by atoms with E-state index in [2.05, 4.69) is 24.1 Å². The Morgan fingerprint density at radius 2 is 1.40 bits per heavy atom. The van der Waals surface area contributed by atoms with Crippen LogP contribution in [0.1, 0.15) is 97.3 Å². The summed E-state index contributed by atoms with van der Waals surface area (Å²) in [7, 11) is -4.59. The quantitative estimate of drug-likeness (QED) is 0.124. The Kier molecular flexibility index (Phi) is 22.8. The van der Waals surface area contributed by atoms with Crippen molar-refractivity contribution in [1.82, 2.24) is 0 Å². The van der Waals surface area contributed by atoms with E-state index in [9.17, 15) is 13.0 Å². The van der Waals surface area contributed by atoms with Crippen LogP contribution in [-0.2, 0) is 14.6 Å². The van der Waals surface area contributed by atoms with Crippen LogP contribution >= 0.6 is 0 Å². The Morgan fingerprint density at radius 3 is 1.96 bits per heavy atom. The molecule has 1 unspecified atom stereocenters. The maximum absolute atomic E-state index is 10.7. The molecule has 0 rings (SSSR count). The van der Waals surface area contributed by atoms with Gasteiger partial charge in [0, 0.05) is 5.92 Å². The molecule has 0 fully saturated rings. The van der Waals surface area contributed by atoms with Crippen LogP contribution in [0.3, 0.4) is 0 Å². The number of hydrogen-bond acceptors (Lipinski definition) is 4. The van der Waals surface area contributed by atoms with Crippen molar-refractivity contribution in [3.8, 4) is 0 Å². The summed E-state index contributed by atoms with van der Waals surface area (Å²) in [6.07, 6.45) is 19.5. The first-order valence-corrected chi connectivity index (χ1v) is 11.1. The summed E-state index contributed by atoms with van der Waals surface area (Å²) >= 11 is 0. The van der Waals surface area contributed by atoms with Crippen LogP contribution in [0.5, 0.6) is 0 Å². The van der Waals surface area contributed by atoms with Crippen LogP contribution in [-0.4, -0.2) is 19.6 Å². The predicted octanol–water partition coefficient (Wildman–Crippen LogP) is 2.75. The molecule has 0 aliphatic carbocycles. The van der Waals surface area contributed by atoms with Gasteiger partial charge in [0.2, 0.25) is 10.4 Å². The molecule has 0 N–H and O–H groups in total. The van der Waals surface area contributed by atoms with Crippen molar-refractivity contribution in [3.63, 3.8) is 0 Å². The monoisotopic (exact) mass is 400 g/mol. The van der Waals surface area contributed by atoms with Gasteiger partial charge in [-0.3, -0.25) is 4.18 Å². The Bertz CT molecular complexity index is 396. The summed E-state index contributed by atoms with van der Waals surface area (Å²) in [5.41, 5.74) is 0. The predicted molar refractivity (Wildman–Crippen MR) is 99.6 cm³/mol. The molecule has 1 atom stereocenters. The second-order valence-electron chi connectivity index (χ2n) is 6.64. The molecular weight excluding hydrogens is 363 g/mol. The van der Waals surface area contributed by atoms with Crippen LogP contribution in [0.25, 0.3) is 0 Å². The van der Waals surface area contributed by atoms with Crippen molar-refractivity contribution in [2.75, 3.05) is 6.61 Å². The van der Waals surface area contributed by atoms with Crippen molar-refractivity contribution in [2.24, 2.45) is 5.92 Å². The van der Waals surface area contributed by atoms with E-state index in [4.69, 9.17) is 0 Å². The van der Waals surface area contributed by atoms with Crippen molar-refractivity contribution in [1.29, 1.82) is 0 Å². The van der Waals surface area contributed by atoms with Gasteiger partial charge >= 0.3 is 51.4 Å². The molecule has 25 heavy (non-hydrogen) atoms. The zero-order chi connectivity index (χ0) is 18.1. The fraction of sp³-hybridized carbons (Fsp3) is 0.895. The van der Waals surface area contributed by atoms with Gasteiger partial charge in [0.05, 0.1) is 6.61 Å². The van der Waals surface area contributed by atoms with Gasteiger partial charge in [0.1, 0.15) is 0 Å². The van der Waals surface area contributed by atoms with Gasteiger partial charge in [0.25, 0.3) is 0 Å². The van der Waals surface area contributed by atoms with Crippen LogP contribution in [0.4, 0.5) is 0 Å². The maximum atomic E-state index is 10.7. The van der Waals surface area contributed by atoms with E-state index in [1.807, 2.05) is 6.08 Å². The molecule has 0 heterocycles. The minimum atomic E-state index is -4.59. The fourth-order valence-electron chi connectivity index (χ4n) is 2.75. The first kappa shape index (κ1) is 28.5. The van der Waals surface area contributed by atoms with Gasteiger partial charge in [0.15, 0.2) is 0 Å². The molecule has 0 bridgehead atoms. The Labute approximate surface area is 198 Å². The first-order chi connectivity index (χ1) is 11.5. The molecule has 0 saturated carbocycles. The molecule has 0 saturated heterocycles. The number of rotatable bonds is 17. The molecule has 4 nitrogen and oxygen atoms in total. The molecular formula is C19H37KO4S. The molecule has 0 aromatic rings. The van der Waals surface area contributed by atoms with Gasteiger partial charge < -0.3 is 4.55 Å². The molecule has 0 radical (unpaired) electrons. The summed E-state index contributed by atoms with van der Waals surface area (Å²) < 4.78 is 36.4. The topological polar surface area (TPSA) is 66.4 Å². The summed E-state index contributed by atoms with van der Waals surface area (Å²) in [4.78, 5) is 0. The minimum absolute atomic E-state index is 0. The summed E-state index contributed by atoms with van der Waals surface area (Å²) in [5, 5.41) is 0. The molecule has 0 aliphatic heterocycles. The Balaban J connectivity index is 0. The van der Waals surface area contributed by atoms with Crippen molar-refractivity contribution < 1.29 is 68.5 Å². The molecule has 0 amide bonds. The second-order valence-corrected chi connectivity index (χ2v) is 7.69. The van der Waals surface area contributed by atoms with E-state index in [-0.39, 0.29) is 63.9 Å². The molecule has 0 aromatic carbocycles. The van der Waals surface area contributed by atoms with Gasteiger partial charge in [-0.15, -0.1) is 0 Å². The van der Waals surface area contributed by atoms with E-state index in [0.717, 1.165) is 32.1 Å². The third-order valence-corrected chi connectivity index (χ3v) is 4.66. The van der Waals surface area contributed by atoms with Crippen molar-refractivity contribution in [2.45, 2.75) is 97.3 Å². The summed E-state index contributed by atoms with van der Waals surface area (Å²) in [5.74, 6) is 0.0236. The third-order valence-electron chi connectivity index (χ3n) is 4.24. The Morgan fingerprint density at radius 1 is 0.880 bits per heavy atom. The first-order valence-electron chi connectivity index (χ1n) is 9.76.